The molecule has 0 aromatic heterocycles. The number of benzene rings is 2. The van der Waals surface area contributed by atoms with Gasteiger partial charge in [0.15, 0.2) is 17.8 Å². The maximum atomic E-state index is 13.0. The predicted molar refractivity (Wildman–Crippen MR) is 97.3 cm³/mol. The molecule has 0 spiro atoms. The van der Waals surface area contributed by atoms with Gasteiger partial charge in [-0.1, -0.05) is 12.1 Å². The molecule has 6 nitrogen and oxygen atoms in total. The van der Waals surface area contributed by atoms with Crippen LogP contribution in [0.2, 0.25) is 0 Å². The van der Waals surface area contributed by atoms with Crippen LogP contribution in [-0.2, 0) is 14.3 Å². The minimum atomic E-state index is -0.857. The van der Waals surface area contributed by atoms with Crippen LogP contribution in [0, 0.1) is 11.2 Å². The van der Waals surface area contributed by atoms with Gasteiger partial charge in [-0.3, -0.25) is 4.79 Å². The van der Waals surface area contributed by atoms with E-state index in [0.29, 0.717) is 22.7 Å². The molecule has 2 aromatic rings. The van der Waals surface area contributed by atoms with Crippen LogP contribution in [0.4, 0.5) is 10.1 Å². The number of hydrogen-bond acceptors (Lipinski definition) is 5. The summed E-state index contributed by atoms with van der Waals surface area (Å²) in [6, 6.07) is 11.0. The average molecular weight is 375 g/mol. The van der Waals surface area contributed by atoms with Gasteiger partial charge in [0.1, 0.15) is 5.82 Å². The van der Waals surface area contributed by atoms with Crippen LogP contribution >= 0.6 is 0 Å². The van der Waals surface area contributed by atoms with Crippen molar-refractivity contribution in [3.05, 3.63) is 53.8 Å². The van der Waals surface area contributed by atoms with E-state index in [1.807, 2.05) is 0 Å². The Morgan fingerprint density at radius 3 is 2.30 bits per heavy atom. The highest BCUT2D eigenvalue weighted by Gasteiger charge is 2.40. The van der Waals surface area contributed by atoms with Crippen molar-refractivity contribution in [3.8, 4) is 11.5 Å². The summed E-state index contributed by atoms with van der Waals surface area (Å²) in [5.74, 6) is 0.544. The molecule has 1 aliphatic rings. The van der Waals surface area contributed by atoms with Crippen LogP contribution in [-0.4, -0.2) is 33.3 Å². The van der Waals surface area contributed by atoms with E-state index in [0.717, 1.165) is 0 Å². The van der Waals surface area contributed by atoms with Crippen molar-refractivity contribution in [1.29, 1.82) is 0 Å². The Balaban J connectivity index is 1.64. The normalized spacial score (nSPS) is 22.1. The van der Waals surface area contributed by atoms with E-state index in [9.17, 15) is 9.18 Å². The van der Waals surface area contributed by atoms with Crippen LogP contribution in [0.1, 0.15) is 18.8 Å². The third kappa shape index (κ3) is 4.20. The van der Waals surface area contributed by atoms with Gasteiger partial charge >= 0.3 is 0 Å². The van der Waals surface area contributed by atoms with Crippen molar-refractivity contribution in [3.63, 3.8) is 0 Å². The van der Waals surface area contributed by atoms with Crippen molar-refractivity contribution in [2.45, 2.75) is 13.2 Å². The zero-order valence-corrected chi connectivity index (χ0v) is 15.5. The Bertz CT molecular complexity index is 801. The predicted octanol–water partition coefficient (Wildman–Crippen LogP) is 3.53. The summed E-state index contributed by atoms with van der Waals surface area (Å²) in [4.78, 5) is 12.7. The number of rotatable bonds is 5. The third-order valence-electron chi connectivity index (χ3n) is 4.44. The lowest BCUT2D eigenvalue weighted by atomic mass is 9.90. The number of carbonyl (C=O) groups is 1. The molecule has 1 fully saturated rings. The van der Waals surface area contributed by atoms with Gasteiger partial charge in [-0.05, 0) is 31.2 Å². The van der Waals surface area contributed by atoms with Crippen LogP contribution in [0.3, 0.4) is 0 Å². The summed E-state index contributed by atoms with van der Waals surface area (Å²) in [7, 11) is 3.08. The summed E-state index contributed by atoms with van der Waals surface area (Å²) in [5.41, 5.74) is 0.433. The van der Waals surface area contributed by atoms with Gasteiger partial charge in [-0.2, -0.15) is 0 Å². The molecule has 3 rings (SSSR count). The number of anilines is 1. The van der Waals surface area contributed by atoms with Gasteiger partial charge in [-0.25, -0.2) is 4.39 Å². The fraction of sp³-hybridized carbons (Fsp3) is 0.350. The molecule has 144 valence electrons. The quantitative estimate of drug-likeness (QED) is 0.866. The molecule has 1 aliphatic heterocycles. The second-order valence-electron chi connectivity index (χ2n) is 6.59. The summed E-state index contributed by atoms with van der Waals surface area (Å²) >= 11 is 0. The first-order valence-corrected chi connectivity index (χ1v) is 8.47. The highest BCUT2D eigenvalue weighted by molar-refractivity contribution is 5.95. The van der Waals surface area contributed by atoms with Crippen molar-refractivity contribution < 1.29 is 28.1 Å². The molecule has 1 saturated heterocycles. The first-order valence-electron chi connectivity index (χ1n) is 8.47. The number of ether oxygens (including phenoxy) is 4. The van der Waals surface area contributed by atoms with Crippen LogP contribution in [0.15, 0.2) is 42.5 Å². The smallest absolute Gasteiger partial charge is 0.235 e. The van der Waals surface area contributed by atoms with Gasteiger partial charge < -0.3 is 24.3 Å². The van der Waals surface area contributed by atoms with Crippen molar-refractivity contribution in [2.75, 3.05) is 32.8 Å². The number of amides is 1. The molecule has 27 heavy (non-hydrogen) atoms. The van der Waals surface area contributed by atoms with Gasteiger partial charge in [0.25, 0.3) is 0 Å². The van der Waals surface area contributed by atoms with E-state index in [-0.39, 0.29) is 24.9 Å². The van der Waals surface area contributed by atoms with Crippen LogP contribution in [0.25, 0.3) is 0 Å². The number of nitrogens with one attached hydrogen (secondary N) is 1. The van der Waals surface area contributed by atoms with Crippen molar-refractivity contribution >= 4 is 11.6 Å². The van der Waals surface area contributed by atoms with E-state index in [1.54, 1.807) is 44.4 Å². The maximum absolute atomic E-state index is 13.0. The Morgan fingerprint density at radius 2 is 1.70 bits per heavy atom. The van der Waals surface area contributed by atoms with Crippen molar-refractivity contribution in [2.24, 2.45) is 5.41 Å². The average Bonchev–Trinajstić information content (AvgIpc) is 2.69. The molecule has 7 heteroatoms. The molecular formula is C20H22FNO5. The molecule has 1 amide bonds. The second-order valence-corrected chi connectivity index (χ2v) is 6.59. The highest BCUT2D eigenvalue weighted by Crippen LogP contribution is 2.34. The van der Waals surface area contributed by atoms with Gasteiger partial charge in [0.05, 0.1) is 32.8 Å². The Hall–Kier alpha value is -2.64. The first-order chi connectivity index (χ1) is 12.9. The SMILES string of the molecule is COc1ccc(NC(=O)C2(C)COC(c3ccc(F)cc3)OC2)cc1OC. The van der Waals surface area contributed by atoms with E-state index < -0.39 is 11.7 Å². The van der Waals surface area contributed by atoms with Gasteiger partial charge in [0.2, 0.25) is 5.91 Å². The van der Waals surface area contributed by atoms with Crippen LogP contribution < -0.4 is 14.8 Å². The Morgan fingerprint density at radius 1 is 1.07 bits per heavy atom. The topological polar surface area (TPSA) is 66.0 Å². The fourth-order valence-corrected chi connectivity index (χ4v) is 2.75. The zero-order valence-electron chi connectivity index (χ0n) is 15.5. The maximum Gasteiger partial charge on any atom is 0.235 e. The molecule has 1 N–H and O–H groups in total. The molecular weight excluding hydrogens is 353 g/mol. The molecule has 0 saturated carbocycles. The summed E-state index contributed by atoms with van der Waals surface area (Å²) < 4.78 is 34.9. The van der Waals surface area contributed by atoms with E-state index >= 15 is 0 Å². The largest absolute Gasteiger partial charge is 0.493 e. The molecule has 0 radical (unpaired) electrons. The number of carbonyl (C=O) groups excluding carboxylic acids is 1. The number of halogens is 1. The third-order valence-corrected chi connectivity index (χ3v) is 4.44. The summed E-state index contributed by atoms with van der Waals surface area (Å²) in [5, 5.41) is 2.86. The molecule has 0 bridgehead atoms. The molecule has 0 unspecified atom stereocenters. The first kappa shape index (κ1) is 19.1. The lowest BCUT2D eigenvalue weighted by molar-refractivity contribution is -0.226. The minimum Gasteiger partial charge on any atom is -0.493 e. The second kappa shape index (κ2) is 7.94. The number of methoxy groups -OCH3 is 2. The Labute approximate surface area is 157 Å². The van der Waals surface area contributed by atoms with E-state index in [2.05, 4.69) is 5.32 Å². The van der Waals surface area contributed by atoms with Gasteiger partial charge in [-0.15, -0.1) is 0 Å². The Kier molecular flexibility index (Phi) is 5.62. The minimum absolute atomic E-state index is 0.175. The summed E-state index contributed by atoms with van der Waals surface area (Å²) in [6.45, 7) is 2.12. The standard InChI is InChI=1S/C20H22FNO5/c1-20(11-26-18(27-12-20)13-4-6-14(21)7-5-13)19(23)22-15-8-9-16(24-2)17(10-15)25-3/h4-10,18H,11-12H2,1-3H3,(H,22,23). The molecule has 2 aromatic carbocycles. The summed E-state index contributed by atoms with van der Waals surface area (Å²) in [6.07, 6.45) is -0.618. The monoisotopic (exact) mass is 375 g/mol. The fourth-order valence-electron chi connectivity index (χ4n) is 2.75. The highest BCUT2D eigenvalue weighted by atomic mass is 19.1. The molecule has 1 heterocycles. The lowest BCUT2D eigenvalue weighted by Crippen LogP contribution is -2.45. The lowest BCUT2D eigenvalue weighted by Gasteiger charge is -2.36. The van der Waals surface area contributed by atoms with Crippen LogP contribution in [0.5, 0.6) is 11.5 Å². The number of hydrogen-bond donors (Lipinski definition) is 1. The van der Waals surface area contributed by atoms with E-state index in [4.69, 9.17) is 18.9 Å². The zero-order chi connectivity index (χ0) is 19.4. The van der Waals surface area contributed by atoms with E-state index in [1.165, 1.54) is 19.2 Å². The molecule has 0 aliphatic carbocycles. The molecule has 0 atom stereocenters. The van der Waals surface area contributed by atoms with Gasteiger partial charge in [0, 0.05) is 17.3 Å². The van der Waals surface area contributed by atoms with Crippen molar-refractivity contribution in [1.82, 2.24) is 0 Å².